The molecule has 1 spiro atoms. The number of allylic oxidation sites excluding steroid dienone is 1. The summed E-state index contributed by atoms with van der Waals surface area (Å²) >= 11 is 0. The summed E-state index contributed by atoms with van der Waals surface area (Å²) in [5.74, 6) is -0.695. The van der Waals surface area contributed by atoms with Gasteiger partial charge < -0.3 is 9.47 Å². The number of alkyl halides is 4. The van der Waals surface area contributed by atoms with Crippen molar-refractivity contribution in [3.63, 3.8) is 0 Å². The van der Waals surface area contributed by atoms with Crippen LogP contribution in [0.2, 0.25) is 0 Å². The summed E-state index contributed by atoms with van der Waals surface area (Å²) in [6.07, 6.45) is -5.12. The van der Waals surface area contributed by atoms with Gasteiger partial charge in [0.2, 0.25) is 0 Å². The van der Waals surface area contributed by atoms with Crippen molar-refractivity contribution < 1.29 is 31.8 Å². The van der Waals surface area contributed by atoms with Crippen LogP contribution in [0.3, 0.4) is 0 Å². The van der Waals surface area contributed by atoms with Gasteiger partial charge in [0.25, 0.3) is 0 Å². The van der Waals surface area contributed by atoms with E-state index in [4.69, 9.17) is 9.47 Å². The van der Waals surface area contributed by atoms with Gasteiger partial charge in [0.05, 0.1) is 18.8 Å². The maximum atomic E-state index is 13.4. The maximum absolute atomic E-state index is 13.4. The highest BCUT2D eigenvalue weighted by molar-refractivity contribution is 5.84. The lowest BCUT2D eigenvalue weighted by atomic mass is 9.75. The van der Waals surface area contributed by atoms with Crippen molar-refractivity contribution in [2.24, 2.45) is 5.92 Å². The zero-order valence-corrected chi connectivity index (χ0v) is 11.5. The van der Waals surface area contributed by atoms with E-state index in [0.29, 0.717) is 6.61 Å². The van der Waals surface area contributed by atoms with Crippen molar-refractivity contribution in [1.82, 2.24) is 0 Å². The van der Waals surface area contributed by atoms with Crippen molar-refractivity contribution in [2.45, 2.75) is 56.3 Å². The molecule has 5 atom stereocenters. The molecule has 1 saturated carbocycles. The minimum atomic E-state index is -4.33. The molecule has 0 amide bonds. The molecule has 0 bridgehead atoms. The van der Waals surface area contributed by atoms with Gasteiger partial charge >= 0.3 is 6.18 Å². The first-order valence-electron chi connectivity index (χ1n) is 6.93. The summed E-state index contributed by atoms with van der Waals surface area (Å²) in [5, 5.41) is 0. The summed E-state index contributed by atoms with van der Waals surface area (Å²) in [7, 11) is 0. The molecule has 2 saturated heterocycles. The average molecular weight is 308 g/mol. The van der Waals surface area contributed by atoms with Gasteiger partial charge in [-0.25, -0.2) is 4.39 Å². The number of Topliss-reactive ketones (excluding diaryl/α,β-unsaturated/α-hetero) is 1. The lowest BCUT2D eigenvalue weighted by Crippen LogP contribution is -2.42. The fraction of sp³-hybridized carbons (Fsp3) is 0.786. The predicted octanol–water partition coefficient (Wildman–Crippen LogP) is 2.74. The van der Waals surface area contributed by atoms with Crippen LogP contribution in [0.1, 0.15) is 26.2 Å². The first kappa shape index (κ1) is 15.0. The van der Waals surface area contributed by atoms with E-state index in [-0.39, 0.29) is 37.4 Å². The van der Waals surface area contributed by atoms with Crippen LogP contribution >= 0.6 is 0 Å². The van der Waals surface area contributed by atoms with Gasteiger partial charge in [0, 0.05) is 24.3 Å². The minimum absolute atomic E-state index is 0.0422. The molecule has 0 aromatic rings. The van der Waals surface area contributed by atoms with Gasteiger partial charge in [-0.1, -0.05) is 6.08 Å². The molecule has 3 fully saturated rings. The Morgan fingerprint density at radius 3 is 2.71 bits per heavy atom. The molecule has 7 heteroatoms. The number of epoxide rings is 2. The quantitative estimate of drug-likeness (QED) is 0.457. The van der Waals surface area contributed by atoms with E-state index in [9.17, 15) is 22.4 Å². The Hall–Kier alpha value is -0.950. The number of hydrogen-bond acceptors (Lipinski definition) is 3. The highest BCUT2D eigenvalue weighted by Crippen LogP contribution is 2.52. The van der Waals surface area contributed by atoms with Crippen molar-refractivity contribution in [2.75, 3.05) is 6.61 Å². The zero-order valence-electron chi connectivity index (χ0n) is 11.5. The summed E-state index contributed by atoms with van der Waals surface area (Å²) in [4.78, 5) is 11.5. The first-order chi connectivity index (χ1) is 9.73. The fourth-order valence-electron chi connectivity index (χ4n) is 3.05. The number of rotatable bonds is 3. The Bertz CT molecular complexity index is 481. The summed E-state index contributed by atoms with van der Waals surface area (Å²) in [6.45, 7) is 1.41. The second-order valence-corrected chi connectivity index (χ2v) is 6.06. The highest BCUT2D eigenvalue weighted by atomic mass is 19.4. The van der Waals surface area contributed by atoms with E-state index in [1.807, 2.05) is 0 Å². The van der Waals surface area contributed by atoms with Gasteiger partial charge in [-0.2, -0.15) is 13.2 Å². The second-order valence-electron chi connectivity index (χ2n) is 6.06. The molecule has 2 heterocycles. The fourth-order valence-corrected chi connectivity index (χ4v) is 3.05. The molecule has 21 heavy (non-hydrogen) atoms. The third-order valence-electron chi connectivity index (χ3n) is 4.61. The summed E-state index contributed by atoms with van der Waals surface area (Å²) in [5.41, 5.74) is -1.28. The van der Waals surface area contributed by atoms with Crippen molar-refractivity contribution in [3.8, 4) is 0 Å². The number of carbonyl (C=O) groups is 1. The van der Waals surface area contributed by atoms with Crippen LogP contribution in [-0.2, 0) is 14.3 Å². The van der Waals surface area contributed by atoms with E-state index in [1.54, 1.807) is 0 Å². The van der Waals surface area contributed by atoms with Crippen LogP contribution in [0.5, 0.6) is 0 Å². The third-order valence-corrected chi connectivity index (χ3v) is 4.61. The average Bonchev–Trinajstić information content (AvgIpc) is 3.27. The Morgan fingerprint density at radius 1 is 1.48 bits per heavy atom. The molecule has 2 aliphatic heterocycles. The lowest BCUT2D eigenvalue weighted by molar-refractivity contribution is -0.129. The zero-order chi connectivity index (χ0) is 15.4. The van der Waals surface area contributed by atoms with E-state index in [2.05, 4.69) is 0 Å². The highest BCUT2D eigenvalue weighted by Gasteiger charge is 2.64. The standard InChI is InChI=1S/C14H16F4O3/c1-7(14(16,17)18)2-3-11-12(21-11)8-4-10(19)9(15)5-13(8)6-20-13/h2,8-9,11-12H,3-6H2,1H3/b7-2+/t8?,9-,11+,12+,13-/m0/s1. The molecule has 0 aromatic heterocycles. The van der Waals surface area contributed by atoms with E-state index in [1.165, 1.54) is 0 Å². The number of ether oxygens (including phenoxy) is 2. The number of hydrogen-bond donors (Lipinski definition) is 0. The summed E-state index contributed by atoms with van der Waals surface area (Å²) < 4.78 is 61.3. The van der Waals surface area contributed by atoms with Crippen LogP contribution in [0, 0.1) is 5.92 Å². The van der Waals surface area contributed by atoms with Gasteiger partial charge in [0.15, 0.2) is 12.0 Å². The van der Waals surface area contributed by atoms with Crippen molar-refractivity contribution in [3.05, 3.63) is 11.6 Å². The Morgan fingerprint density at radius 2 is 2.14 bits per heavy atom. The summed E-state index contributed by atoms with van der Waals surface area (Å²) in [6, 6.07) is 0. The predicted molar refractivity (Wildman–Crippen MR) is 64.4 cm³/mol. The number of carbonyl (C=O) groups excluding carboxylic acids is 1. The van der Waals surface area contributed by atoms with Gasteiger partial charge in [0.1, 0.15) is 5.60 Å². The van der Waals surface area contributed by atoms with E-state index < -0.39 is 29.3 Å². The van der Waals surface area contributed by atoms with Crippen LogP contribution in [0.4, 0.5) is 17.6 Å². The molecule has 1 unspecified atom stereocenters. The van der Waals surface area contributed by atoms with Crippen LogP contribution < -0.4 is 0 Å². The molecular formula is C14H16F4O3. The maximum Gasteiger partial charge on any atom is 0.412 e. The van der Waals surface area contributed by atoms with Gasteiger partial charge in [-0.3, -0.25) is 4.79 Å². The Kier molecular flexibility index (Phi) is 3.40. The topological polar surface area (TPSA) is 42.1 Å². The molecule has 3 rings (SSSR count). The lowest BCUT2D eigenvalue weighted by Gasteiger charge is -2.28. The van der Waals surface area contributed by atoms with Crippen LogP contribution in [0.15, 0.2) is 11.6 Å². The van der Waals surface area contributed by atoms with Gasteiger partial charge in [-0.05, 0) is 13.3 Å². The molecular weight excluding hydrogens is 292 g/mol. The van der Waals surface area contributed by atoms with Crippen LogP contribution in [-0.4, -0.2) is 42.5 Å². The van der Waals surface area contributed by atoms with Crippen molar-refractivity contribution >= 4 is 5.78 Å². The van der Waals surface area contributed by atoms with Crippen molar-refractivity contribution in [1.29, 1.82) is 0 Å². The molecule has 1 aliphatic carbocycles. The Balaban J connectivity index is 1.59. The second kappa shape index (κ2) is 4.78. The van der Waals surface area contributed by atoms with Crippen LogP contribution in [0.25, 0.3) is 0 Å². The number of ketones is 1. The largest absolute Gasteiger partial charge is 0.412 e. The number of halogens is 4. The Labute approximate surface area is 119 Å². The van der Waals surface area contributed by atoms with Gasteiger partial charge in [-0.15, -0.1) is 0 Å². The first-order valence-corrected chi connectivity index (χ1v) is 6.93. The van der Waals surface area contributed by atoms with E-state index >= 15 is 0 Å². The monoisotopic (exact) mass is 308 g/mol. The molecule has 118 valence electrons. The molecule has 3 nitrogen and oxygen atoms in total. The normalized spacial score (nSPS) is 43.3. The smallest absolute Gasteiger partial charge is 0.369 e. The van der Waals surface area contributed by atoms with E-state index in [0.717, 1.165) is 13.0 Å². The minimum Gasteiger partial charge on any atom is -0.369 e. The molecule has 0 radical (unpaired) electrons. The SMILES string of the molecule is C/C(=C\C[C@H]1O[C@@H]1C1CC(=O)[C@@H](F)C[C@]12CO2)C(F)(F)F. The molecule has 3 aliphatic rings. The molecule has 0 N–H and O–H groups in total. The molecule has 0 aromatic carbocycles. The third kappa shape index (κ3) is 2.85.